The summed E-state index contributed by atoms with van der Waals surface area (Å²) in [4.78, 5) is 9.20. The predicted octanol–water partition coefficient (Wildman–Crippen LogP) is 3.02. The van der Waals surface area contributed by atoms with E-state index in [4.69, 9.17) is 0 Å². The van der Waals surface area contributed by atoms with Gasteiger partial charge < -0.3 is 5.32 Å². The number of aryl methyl sites for hydroxylation is 2. The third-order valence-corrected chi connectivity index (χ3v) is 3.55. The average Bonchev–Trinajstić information content (AvgIpc) is 2.81. The molecule has 2 aromatic rings. The Balaban J connectivity index is 2.48. The molecule has 5 nitrogen and oxygen atoms in total. The Morgan fingerprint density at radius 1 is 1.32 bits per heavy atom. The lowest BCUT2D eigenvalue weighted by Crippen LogP contribution is -2.06. The fraction of sp³-hybridized carbons (Fsp3) is 0.462. The van der Waals surface area contributed by atoms with Crippen LogP contribution in [0.4, 0.5) is 5.82 Å². The summed E-state index contributed by atoms with van der Waals surface area (Å²) in [6.45, 7) is 5.02. The molecule has 0 aliphatic rings. The van der Waals surface area contributed by atoms with E-state index in [1.54, 1.807) is 10.9 Å². The van der Waals surface area contributed by atoms with Crippen LogP contribution in [0.1, 0.15) is 26.0 Å². The third kappa shape index (κ3) is 3.12. The van der Waals surface area contributed by atoms with Crippen molar-refractivity contribution in [3.8, 4) is 11.4 Å². The molecule has 2 heterocycles. The molecule has 0 saturated carbocycles. The van der Waals surface area contributed by atoms with Crippen molar-refractivity contribution in [1.82, 2.24) is 19.7 Å². The van der Waals surface area contributed by atoms with Crippen molar-refractivity contribution in [3.05, 3.63) is 22.6 Å². The second kappa shape index (κ2) is 6.14. The zero-order chi connectivity index (χ0) is 13.8. The molecule has 0 aliphatic carbocycles. The van der Waals surface area contributed by atoms with Crippen molar-refractivity contribution in [1.29, 1.82) is 0 Å². The van der Waals surface area contributed by atoms with Gasteiger partial charge in [-0.1, -0.05) is 13.3 Å². The van der Waals surface area contributed by atoms with Crippen molar-refractivity contribution in [3.63, 3.8) is 0 Å². The second-order valence-electron chi connectivity index (χ2n) is 4.34. The van der Waals surface area contributed by atoms with E-state index in [1.165, 1.54) is 0 Å². The number of halogens is 1. The second-order valence-corrected chi connectivity index (χ2v) is 5.13. The Morgan fingerprint density at radius 2 is 2.11 bits per heavy atom. The van der Waals surface area contributed by atoms with Gasteiger partial charge in [-0.25, -0.2) is 9.97 Å². The summed E-state index contributed by atoms with van der Waals surface area (Å²) in [5.74, 6) is 1.57. The molecule has 0 saturated heterocycles. The first-order chi connectivity index (χ1) is 9.15. The number of nitrogens with one attached hydrogen (secondary N) is 1. The molecule has 0 aliphatic heterocycles. The summed E-state index contributed by atoms with van der Waals surface area (Å²) in [6, 6.07) is 0. The SMILES string of the molecule is CCCc1nc(-c2cnn(C)c2)nc(NCC)c1Br. The van der Waals surface area contributed by atoms with Gasteiger partial charge in [0.05, 0.1) is 21.9 Å². The molecule has 0 unspecified atom stereocenters. The van der Waals surface area contributed by atoms with E-state index in [0.29, 0.717) is 0 Å². The van der Waals surface area contributed by atoms with Crippen LogP contribution in [0.25, 0.3) is 11.4 Å². The van der Waals surface area contributed by atoms with E-state index >= 15 is 0 Å². The zero-order valence-electron chi connectivity index (χ0n) is 11.4. The van der Waals surface area contributed by atoms with Crippen LogP contribution >= 0.6 is 15.9 Å². The molecule has 19 heavy (non-hydrogen) atoms. The summed E-state index contributed by atoms with van der Waals surface area (Å²) in [5.41, 5.74) is 1.97. The minimum atomic E-state index is 0.718. The Bertz CT molecular complexity index is 537. The predicted molar refractivity (Wildman–Crippen MR) is 80.1 cm³/mol. The third-order valence-electron chi connectivity index (χ3n) is 2.71. The fourth-order valence-corrected chi connectivity index (χ4v) is 2.36. The van der Waals surface area contributed by atoms with Crippen LogP contribution in [0.3, 0.4) is 0 Å². The largest absolute Gasteiger partial charge is 0.369 e. The Labute approximate surface area is 121 Å². The highest BCUT2D eigenvalue weighted by Gasteiger charge is 2.13. The Morgan fingerprint density at radius 3 is 2.68 bits per heavy atom. The molecular weight excluding hydrogens is 306 g/mol. The summed E-state index contributed by atoms with van der Waals surface area (Å²) >= 11 is 3.59. The van der Waals surface area contributed by atoms with Crippen molar-refractivity contribution < 1.29 is 0 Å². The van der Waals surface area contributed by atoms with Gasteiger partial charge in [0.2, 0.25) is 0 Å². The van der Waals surface area contributed by atoms with Crippen LogP contribution in [-0.4, -0.2) is 26.3 Å². The zero-order valence-corrected chi connectivity index (χ0v) is 13.0. The maximum Gasteiger partial charge on any atom is 0.165 e. The number of anilines is 1. The first kappa shape index (κ1) is 14.0. The van der Waals surface area contributed by atoms with Crippen LogP contribution in [-0.2, 0) is 13.5 Å². The van der Waals surface area contributed by atoms with Crippen LogP contribution in [0.15, 0.2) is 16.9 Å². The molecule has 0 aromatic carbocycles. The normalized spacial score (nSPS) is 10.7. The van der Waals surface area contributed by atoms with Gasteiger partial charge in [0.25, 0.3) is 0 Å². The minimum absolute atomic E-state index is 0.718. The van der Waals surface area contributed by atoms with Crippen LogP contribution in [0, 0.1) is 0 Å². The van der Waals surface area contributed by atoms with E-state index in [-0.39, 0.29) is 0 Å². The lowest BCUT2D eigenvalue weighted by Gasteiger charge is -2.11. The van der Waals surface area contributed by atoms with Crippen LogP contribution in [0.5, 0.6) is 0 Å². The summed E-state index contributed by atoms with van der Waals surface area (Å²) in [7, 11) is 1.89. The van der Waals surface area contributed by atoms with E-state index in [0.717, 1.165) is 46.8 Å². The fourth-order valence-electron chi connectivity index (χ4n) is 1.85. The number of rotatable bonds is 5. The standard InChI is InChI=1S/C13H18BrN5/c1-4-6-10-11(14)13(15-5-2)18-12(17-10)9-7-16-19(3)8-9/h7-8H,4-6H2,1-3H3,(H,15,17,18). The molecule has 2 rings (SSSR count). The smallest absolute Gasteiger partial charge is 0.165 e. The molecule has 0 fully saturated rings. The van der Waals surface area contributed by atoms with E-state index in [9.17, 15) is 0 Å². The number of nitrogens with zero attached hydrogens (tertiary/aromatic N) is 4. The minimum Gasteiger partial charge on any atom is -0.369 e. The number of hydrogen-bond acceptors (Lipinski definition) is 4. The van der Waals surface area contributed by atoms with Gasteiger partial charge in [0.1, 0.15) is 5.82 Å². The molecule has 0 bridgehead atoms. The van der Waals surface area contributed by atoms with Crippen molar-refractivity contribution in [2.24, 2.45) is 7.05 Å². The topological polar surface area (TPSA) is 55.6 Å². The van der Waals surface area contributed by atoms with Gasteiger partial charge in [-0.15, -0.1) is 0 Å². The quantitative estimate of drug-likeness (QED) is 0.918. The van der Waals surface area contributed by atoms with E-state index in [1.807, 2.05) is 13.2 Å². The van der Waals surface area contributed by atoms with E-state index < -0.39 is 0 Å². The number of hydrogen-bond donors (Lipinski definition) is 1. The lowest BCUT2D eigenvalue weighted by molar-refractivity contribution is 0.768. The van der Waals surface area contributed by atoms with Gasteiger partial charge in [0, 0.05) is 19.8 Å². The highest BCUT2D eigenvalue weighted by atomic mass is 79.9. The monoisotopic (exact) mass is 323 g/mol. The van der Waals surface area contributed by atoms with Gasteiger partial charge in [-0.3, -0.25) is 4.68 Å². The van der Waals surface area contributed by atoms with Crippen molar-refractivity contribution in [2.45, 2.75) is 26.7 Å². The molecule has 0 radical (unpaired) electrons. The summed E-state index contributed by atoms with van der Waals surface area (Å²) < 4.78 is 2.72. The first-order valence-electron chi connectivity index (χ1n) is 6.45. The lowest BCUT2D eigenvalue weighted by atomic mass is 10.2. The molecule has 102 valence electrons. The number of aromatic nitrogens is 4. The highest BCUT2D eigenvalue weighted by molar-refractivity contribution is 9.10. The summed E-state index contributed by atoms with van der Waals surface area (Å²) in [5, 5.41) is 7.44. The highest BCUT2D eigenvalue weighted by Crippen LogP contribution is 2.27. The van der Waals surface area contributed by atoms with Gasteiger partial charge in [-0.2, -0.15) is 5.10 Å². The first-order valence-corrected chi connectivity index (χ1v) is 7.24. The molecule has 0 atom stereocenters. The maximum absolute atomic E-state index is 4.64. The Hall–Kier alpha value is -1.43. The van der Waals surface area contributed by atoms with E-state index in [2.05, 4.69) is 50.2 Å². The summed E-state index contributed by atoms with van der Waals surface area (Å²) in [6.07, 6.45) is 5.69. The molecule has 2 aromatic heterocycles. The molecule has 0 spiro atoms. The average molecular weight is 324 g/mol. The van der Waals surface area contributed by atoms with Crippen molar-refractivity contribution in [2.75, 3.05) is 11.9 Å². The molecule has 6 heteroatoms. The molecule has 1 N–H and O–H groups in total. The Kier molecular flexibility index (Phi) is 4.52. The van der Waals surface area contributed by atoms with Gasteiger partial charge >= 0.3 is 0 Å². The van der Waals surface area contributed by atoms with Gasteiger partial charge in [-0.05, 0) is 29.3 Å². The van der Waals surface area contributed by atoms with Crippen molar-refractivity contribution >= 4 is 21.7 Å². The van der Waals surface area contributed by atoms with Crippen LogP contribution in [0.2, 0.25) is 0 Å². The van der Waals surface area contributed by atoms with Gasteiger partial charge in [0.15, 0.2) is 5.82 Å². The molecule has 0 amide bonds. The molecular formula is C13H18BrN5. The van der Waals surface area contributed by atoms with Crippen LogP contribution < -0.4 is 5.32 Å². The maximum atomic E-state index is 4.64.